The molecule has 0 aliphatic carbocycles. The third-order valence-corrected chi connectivity index (χ3v) is 4.11. The third kappa shape index (κ3) is 5.14. The molecule has 0 unspecified atom stereocenters. The maximum Gasteiger partial charge on any atom is 0.191 e. The van der Waals surface area contributed by atoms with Gasteiger partial charge in [0, 0.05) is 31.8 Å². The van der Waals surface area contributed by atoms with E-state index in [2.05, 4.69) is 46.8 Å². The smallest absolute Gasteiger partial charge is 0.191 e. The van der Waals surface area contributed by atoms with E-state index >= 15 is 0 Å². The second-order valence-corrected chi connectivity index (χ2v) is 5.58. The fraction of sp³-hybridized carbons (Fsp3) is 0.350. The second kappa shape index (κ2) is 9.57. The van der Waals surface area contributed by atoms with Crippen molar-refractivity contribution in [2.24, 2.45) is 4.99 Å². The number of nitrogens with zero attached hydrogens (tertiary/aromatic N) is 1. The lowest BCUT2D eigenvalue weighted by molar-refractivity contribution is 0.390. The summed E-state index contributed by atoms with van der Waals surface area (Å²) < 4.78 is 10.7. The number of aryl methyl sites for hydroxylation is 1. The lowest BCUT2D eigenvalue weighted by Crippen LogP contribution is -2.36. The highest BCUT2D eigenvalue weighted by Gasteiger charge is 2.07. The zero-order valence-corrected chi connectivity index (χ0v) is 15.4. The molecule has 0 spiro atoms. The summed E-state index contributed by atoms with van der Waals surface area (Å²) in [6.45, 7) is 3.52. The van der Waals surface area contributed by atoms with Crippen molar-refractivity contribution >= 4 is 5.96 Å². The molecule has 0 fully saturated rings. The topological polar surface area (TPSA) is 54.9 Å². The van der Waals surface area contributed by atoms with Crippen molar-refractivity contribution in [3.8, 4) is 11.5 Å². The highest BCUT2D eigenvalue weighted by atomic mass is 16.5. The van der Waals surface area contributed by atoms with Crippen molar-refractivity contribution < 1.29 is 9.47 Å². The lowest BCUT2D eigenvalue weighted by Gasteiger charge is -2.15. The molecule has 0 radical (unpaired) electrons. The van der Waals surface area contributed by atoms with Gasteiger partial charge < -0.3 is 20.1 Å². The number of hydrogen-bond acceptors (Lipinski definition) is 3. The Morgan fingerprint density at radius 3 is 2.20 bits per heavy atom. The minimum absolute atomic E-state index is 0.613. The van der Waals surface area contributed by atoms with Crippen molar-refractivity contribution in [2.45, 2.75) is 26.4 Å². The molecule has 0 atom stereocenters. The number of guanidine groups is 1. The average Bonchev–Trinajstić information content (AvgIpc) is 2.68. The molecule has 0 heterocycles. The molecule has 5 nitrogen and oxygen atoms in total. The van der Waals surface area contributed by atoms with Crippen LogP contribution in [0.1, 0.15) is 23.6 Å². The fourth-order valence-electron chi connectivity index (χ4n) is 2.65. The Kier molecular flexibility index (Phi) is 7.14. The van der Waals surface area contributed by atoms with E-state index in [0.717, 1.165) is 36.0 Å². The van der Waals surface area contributed by atoms with E-state index in [1.54, 1.807) is 21.3 Å². The number of hydrogen-bond donors (Lipinski definition) is 2. The first-order valence-corrected chi connectivity index (χ1v) is 8.44. The predicted molar refractivity (Wildman–Crippen MR) is 102 cm³/mol. The number of benzene rings is 2. The summed E-state index contributed by atoms with van der Waals surface area (Å²) in [5.74, 6) is 2.32. The number of nitrogens with one attached hydrogen (secondary N) is 2. The zero-order valence-electron chi connectivity index (χ0n) is 15.4. The summed E-state index contributed by atoms with van der Waals surface area (Å²) in [4.78, 5) is 4.29. The lowest BCUT2D eigenvalue weighted by atomic mass is 10.1. The van der Waals surface area contributed by atoms with Crippen LogP contribution in [0.2, 0.25) is 0 Å². The van der Waals surface area contributed by atoms with E-state index < -0.39 is 0 Å². The predicted octanol–water partition coefficient (Wildman–Crippen LogP) is 3.13. The van der Waals surface area contributed by atoms with Crippen LogP contribution < -0.4 is 20.1 Å². The van der Waals surface area contributed by atoms with Gasteiger partial charge >= 0.3 is 0 Å². The largest absolute Gasteiger partial charge is 0.497 e. The van der Waals surface area contributed by atoms with E-state index in [4.69, 9.17) is 9.47 Å². The molecule has 0 aromatic heterocycles. The number of rotatable bonds is 7. The molecular weight excluding hydrogens is 314 g/mol. The Balaban J connectivity index is 1.97. The van der Waals surface area contributed by atoms with Crippen molar-refractivity contribution in [3.63, 3.8) is 0 Å². The molecule has 0 amide bonds. The van der Waals surface area contributed by atoms with Crippen molar-refractivity contribution in [2.75, 3.05) is 21.3 Å². The number of methoxy groups -OCH3 is 2. The van der Waals surface area contributed by atoms with Gasteiger partial charge in [0.2, 0.25) is 0 Å². The van der Waals surface area contributed by atoms with Gasteiger partial charge in [-0.2, -0.15) is 0 Å². The van der Waals surface area contributed by atoms with Gasteiger partial charge in [-0.3, -0.25) is 4.99 Å². The SMILES string of the molecule is CCc1ccccc1CNC(=NC)NCc1ccc(OC)cc1OC. The second-order valence-electron chi connectivity index (χ2n) is 5.58. The molecule has 0 aliphatic rings. The van der Waals surface area contributed by atoms with Crippen molar-refractivity contribution in [1.29, 1.82) is 0 Å². The Labute approximate surface area is 150 Å². The minimum Gasteiger partial charge on any atom is -0.497 e. The van der Waals surface area contributed by atoms with E-state index in [9.17, 15) is 0 Å². The van der Waals surface area contributed by atoms with Gasteiger partial charge in [0.15, 0.2) is 5.96 Å². The van der Waals surface area contributed by atoms with Crippen molar-refractivity contribution in [3.05, 3.63) is 59.2 Å². The first kappa shape index (κ1) is 18.6. The van der Waals surface area contributed by atoms with Crippen LogP contribution in [0.4, 0.5) is 0 Å². The van der Waals surface area contributed by atoms with Gasteiger partial charge in [0.1, 0.15) is 11.5 Å². The van der Waals surface area contributed by atoms with Gasteiger partial charge in [0.05, 0.1) is 14.2 Å². The monoisotopic (exact) mass is 341 g/mol. The van der Waals surface area contributed by atoms with Crippen LogP contribution in [0, 0.1) is 0 Å². The molecule has 0 bridgehead atoms. The van der Waals surface area contributed by atoms with E-state index in [-0.39, 0.29) is 0 Å². The summed E-state index contributed by atoms with van der Waals surface area (Å²) in [5, 5.41) is 6.69. The summed E-state index contributed by atoms with van der Waals surface area (Å²) in [6.07, 6.45) is 1.02. The molecular formula is C20H27N3O2. The molecule has 5 heteroatoms. The molecule has 0 saturated heterocycles. The van der Waals surface area contributed by atoms with Crippen LogP contribution in [0.25, 0.3) is 0 Å². The quantitative estimate of drug-likeness (QED) is 0.600. The van der Waals surface area contributed by atoms with Crippen LogP contribution in [-0.2, 0) is 19.5 Å². The number of ether oxygens (including phenoxy) is 2. The summed E-state index contributed by atoms with van der Waals surface area (Å²) in [7, 11) is 5.08. The first-order chi connectivity index (χ1) is 12.2. The van der Waals surface area contributed by atoms with Crippen LogP contribution in [0.3, 0.4) is 0 Å². The summed E-state index contributed by atoms with van der Waals surface area (Å²) in [6, 6.07) is 14.2. The number of aliphatic imine (C=N–C) groups is 1. The maximum atomic E-state index is 5.43. The molecule has 2 N–H and O–H groups in total. The first-order valence-electron chi connectivity index (χ1n) is 8.44. The third-order valence-electron chi connectivity index (χ3n) is 4.11. The highest BCUT2D eigenvalue weighted by molar-refractivity contribution is 5.79. The average molecular weight is 341 g/mol. The highest BCUT2D eigenvalue weighted by Crippen LogP contribution is 2.24. The summed E-state index contributed by atoms with van der Waals surface area (Å²) in [5.41, 5.74) is 3.68. The van der Waals surface area contributed by atoms with Gasteiger partial charge in [-0.15, -0.1) is 0 Å². The van der Waals surface area contributed by atoms with Crippen molar-refractivity contribution in [1.82, 2.24) is 10.6 Å². The molecule has 0 aliphatic heterocycles. The normalized spacial score (nSPS) is 11.1. The van der Waals surface area contributed by atoms with Gasteiger partial charge in [0.25, 0.3) is 0 Å². The molecule has 2 rings (SSSR count). The van der Waals surface area contributed by atoms with E-state index in [1.165, 1.54) is 11.1 Å². The van der Waals surface area contributed by atoms with Crippen LogP contribution in [0.5, 0.6) is 11.5 Å². The van der Waals surface area contributed by atoms with Crippen LogP contribution in [0.15, 0.2) is 47.5 Å². The Morgan fingerprint density at radius 1 is 0.920 bits per heavy atom. The Morgan fingerprint density at radius 2 is 1.60 bits per heavy atom. The molecule has 134 valence electrons. The van der Waals surface area contributed by atoms with Gasteiger partial charge in [-0.05, 0) is 29.7 Å². The van der Waals surface area contributed by atoms with Crippen LogP contribution >= 0.6 is 0 Å². The summed E-state index contributed by atoms with van der Waals surface area (Å²) >= 11 is 0. The molecule has 2 aromatic rings. The maximum absolute atomic E-state index is 5.43. The zero-order chi connectivity index (χ0) is 18.1. The Bertz CT molecular complexity index is 714. The van der Waals surface area contributed by atoms with E-state index in [1.807, 2.05) is 18.2 Å². The van der Waals surface area contributed by atoms with Crippen LogP contribution in [-0.4, -0.2) is 27.2 Å². The van der Waals surface area contributed by atoms with Gasteiger partial charge in [-0.25, -0.2) is 0 Å². The standard InChI is InChI=1S/C20H27N3O2/c1-5-15-8-6-7-9-16(15)13-22-20(21-2)23-14-17-10-11-18(24-3)12-19(17)25-4/h6-12H,5,13-14H2,1-4H3,(H2,21,22,23). The van der Waals surface area contributed by atoms with Gasteiger partial charge in [-0.1, -0.05) is 31.2 Å². The molecule has 2 aromatic carbocycles. The minimum atomic E-state index is 0.613. The van der Waals surface area contributed by atoms with E-state index in [0.29, 0.717) is 6.54 Å². The Hall–Kier alpha value is -2.69. The molecule has 0 saturated carbocycles. The molecule has 25 heavy (non-hydrogen) atoms. The fourth-order valence-corrected chi connectivity index (χ4v) is 2.65.